The molecule has 1 saturated heterocycles. The number of para-hydroxylation sites is 2. The highest BCUT2D eigenvalue weighted by Crippen LogP contribution is 2.39. The highest BCUT2D eigenvalue weighted by molar-refractivity contribution is 7.16. The van der Waals surface area contributed by atoms with E-state index in [9.17, 15) is 4.39 Å². The summed E-state index contributed by atoms with van der Waals surface area (Å²) in [5.74, 6) is 0.954. The number of anilines is 2. The molecular formula is C24H26FN4S+. The molecule has 3 N–H and O–H groups in total. The molecule has 5 rings (SSSR count). The van der Waals surface area contributed by atoms with E-state index >= 15 is 0 Å². The van der Waals surface area contributed by atoms with Gasteiger partial charge in [-0.3, -0.25) is 0 Å². The summed E-state index contributed by atoms with van der Waals surface area (Å²) in [7, 11) is 0. The fraction of sp³-hybridized carbons (Fsp3) is 0.292. The van der Waals surface area contributed by atoms with Crippen molar-refractivity contribution in [3.63, 3.8) is 0 Å². The van der Waals surface area contributed by atoms with Crippen molar-refractivity contribution in [2.24, 2.45) is 4.99 Å². The zero-order valence-electron chi connectivity index (χ0n) is 17.1. The van der Waals surface area contributed by atoms with Gasteiger partial charge in [-0.2, -0.15) is 0 Å². The van der Waals surface area contributed by atoms with Crippen molar-refractivity contribution in [3.05, 3.63) is 76.4 Å². The molecular weight excluding hydrogens is 395 g/mol. The lowest BCUT2D eigenvalue weighted by atomic mass is 10.0. The molecule has 154 valence electrons. The van der Waals surface area contributed by atoms with Crippen LogP contribution in [0.25, 0.3) is 0 Å². The molecule has 0 bridgehead atoms. The highest BCUT2D eigenvalue weighted by atomic mass is 32.1. The molecule has 2 aliphatic rings. The molecule has 3 aromatic rings. The van der Waals surface area contributed by atoms with Gasteiger partial charge in [-0.15, -0.1) is 11.3 Å². The predicted molar refractivity (Wildman–Crippen MR) is 122 cm³/mol. The monoisotopic (exact) mass is 421 g/mol. The Kier molecular flexibility index (Phi) is 5.27. The molecule has 4 nitrogen and oxygen atoms in total. The number of aryl methyl sites for hydroxylation is 2. The Hall–Kier alpha value is -2.70. The number of hydrogen-bond donors (Lipinski definition) is 2. The Morgan fingerprint density at radius 3 is 2.93 bits per heavy atom. The number of nitrogens with one attached hydrogen (secondary N) is 1. The van der Waals surface area contributed by atoms with Crippen LogP contribution in [0.1, 0.15) is 22.4 Å². The summed E-state index contributed by atoms with van der Waals surface area (Å²) in [5.41, 5.74) is 4.02. The average molecular weight is 422 g/mol. The fourth-order valence-corrected chi connectivity index (χ4v) is 5.27. The minimum absolute atomic E-state index is 0.0978. The van der Waals surface area contributed by atoms with Gasteiger partial charge in [-0.25, -0.2) is 9.38 Å². The van der Waals surface area contributed by atoms with E-state index in [-0.39, 0.29) is 5.82 Å². The molecule has 2 aliphatic heterocycles. The van der Waals surface area contributed by atoms with Crippen LogP contribution >= 0.6 is 11.3 Å². The lowest BCUT2D eigenvalue weighted by Gasteiger charge is -2.33. The van der Waals surface area contributed by atoms with E-state index in [0.717, 1.165) is 60.3 Å². The van der Waals surface area contributed by atoms with Crippen molar-refractivity contribution >= 4 is 33.5 Å². The van der Waals surface area contributed by atoms with Gasteiger partial charge < -0.3 is 15.5 Å². The minimum atomic E-state index is -0.0978. The lowest BCUT2D eigenvalue weighted by molar-refractivity contribution is -0.697. The van der Waals surface area contributed by atoms with Crippen molar-refractivity contribution < 1.29 is 9.71 Å². The predicted octanol–water partition coefficient (Wildman–Crippen LogP) is 4.21. The number of thiophene rings is 1. The van der Waals surface area contributed by atoms with Crippen molar-refractivity contribution in [1.29, 1.82) is 0 Å². The van der Waals surface area contributed by atoms with Crippen LogP contribution in [-0.2, 0) is 6.42 Å². The van der Waals surface area contributed by atoms with E-state index < -0.39 is 0 Å². The number of benzene rings is 2. The molecule has 1 atom stereocenters. The summed E-state index contributed by atoms with van der Waals surface area (Å²) < 4.78 is 14.0. The molecule has 1 aromatic heterocycles. The average Bonchev–Trinajstić information content (AvgIpc) is 3.05. The Morgan fingerprint density at radius 2 is 2.03 bits per heavy atom. The molecule has 0 aliphatic carbocycles. The Morgan fingerprint density at radius 1 is 1.20 bits per heavy atom. The zero-order chi connectivity index (χ0) is 20.5. The van der Waals surface area contributed by atoms with E-state index in [2.05, 4.69) is 40.7 Å². The third-order valence-electron chi connectivity index (χ3n) is 5.87. The minimum Gasteiger partial charge on any atom is -0.345 e. The molecule has 3 heterocycles. The van der Waals surface area contributed by atoms with E-state index in [0.29, 0.717) is 6.04 Å². The number of rotatable bonds is 3. The smallest absolute Gasteiger partial charge is 0.140 e. The maximum Gasteiger partial charge on any atom is 0.140 e. The van der Waals surface area contributed by atoms with Gasteiger partial charge in [0.05, 0.1) is 36.6 Å². The number of amidine groups is 1. The first-order valence-corrected chi connectivity index (χ1v) is 11.4. The van der Waals surface area contributed by atoms with Gasteiger partial charge in [0.15, 0.2) is 0 Å². The SMILES string of the molecule is Cc1cc2c(s1)Nc1ccccc1N=C2N1CC[NH2+][C@@H](CCc2ccccc2F)C1. The van der Waals surface area contributed by atoms with Gasteiger partial charge in [0, 0.05) is 11.3 Å². The lowest BCUT2D eigenvalue weighted by Crippen LogP contribution is -2.95. The van der Waals surface area contributed by atoms with Crippen LogP contribution in [0, 0.1) is 12.7 Å². The van der Waals surface area contributed by atoms with E-state index in [4.69, 9.17) is 4.99 Å². The fourth-order valence-electron chi connectivity index (χ4n) is 4.35. The van der Waals surface area contributed by atoms with Gasteiger partial charge in [0.25, 0.3) is 0 Å². The van der Waals surface area contributed by atoms with Crippen molar-refractivity contribution in [3.8, 4) is 0 Å². The summed E-state index contributed by atoms with van der Waals surface area (Å²) in [6, 6.07) is 18.0. The van der Waals surface area contributed by atoms with Gasteiger partial charge >= 0.3 is 0 Å². The number of halogens is 1. The van der Waals surface area contributed by atoms with Crippen LogP contribution in [-0.4, -0.2) is 36.4 Å². The van der Waals surface area contributed by atoms with Crippen LogP contribution in [0.3, 0.4) is 0 Å². The van der Waals surface area contributed by atoms with Crippen LogP contribution < -0.4 is 10.6 Å². The first kappa shape index (κ1) is 19.3. The molecule has 0 spiro atoms. The Bertz CT molecular complexity index is 1090. The number of piperazine rings is 1. The molecule has 6 heteroatoms. The quantitative estimate of drug-likeness (QED) is 0.665. The third kappa shape index (κ3) is 3.85. The first-order chi connectivity index (χ1) is 14.7. The standard InChI is InChI=1S/C24H25FN4S/c1-16-14-19-23(27-21-8-4-5-9-22(21)28-24(19)30-16)29-13-12-26-18(15-29)11-10-17-6-2-3-7-20(17)25/h2-9,14,18,26,28H,10-13,15H2,1H3/p+1/t18-/m0/s1. The number of fused-ring (bicyclic) bond motifs is 2. The summed E-state index contributed by atoms with van der Waals surface area (Å²) in [5, 5.41) is 7.15. The second-order valence-corrected chi connectivity index (χ2v) is 9.29. The van der Waals surface area contributed by atoms with Crippen molar-refractivity contribution in [1.82, 2.24) is 4.90 Å². The van der Waals surface area contributed by atoms with Crippen LogP contribution in [0.4, 0.5) is 20.8 Å². The van der Waals surface area contributed by atoms with Crippen molar-refractivity contribution in [2.75, 3.05) is 25.0 Å². The number of nitrogens with two attached hydrogens (primary N) is 1. The normalized spacial score (nSPS) is 18.1. The molecule has 0 amide bonds. The Labute approximate surface area is 180 Å². The Balaban J connectivity index is 1.39. The van der Waals surface area contributed by atoms with Gasteiger partial charge in [-0.05, 0) is 43.2 Å². The summed E-state index contributed by atoms with van der Waals surface area (Å²) >= 11 is 1.78. The second-order valence-electron chi connectivity index (χ2n) is 8.04. The number of nitrogens with zero attached hydrogens (tertiary/aromatic N) is 2. The topological polar surface area (TPSA) is 44.2 Å². The summed E-state index contributed by atoms with van der Waals surface area (Å²) in [6.45, 7) is 5.05. The van der Waals surface area contributed by atoms with E-state index in [1.807, 2.05) is 24.3 Å². The molecule has 0 unspecified atom stereocenters. The van der Waals surface area contributed by atoms with E-state index in [1.165, 1.54) is 10.4 Å². The first-order valence-electron chi connectivity index (χ1n) is 10.5. The molecule has 30 heavy (non-hydrogen) atoms. The summed E-state index contributed by atoms with van der Waals surface area (Å²) in [4.78, 5) is 8.79. The number of quaternary nitrogens is 1. The number of hydrogen-bond acceptors (Lipinski definition) is 4. The second kappa shape index (κ2) is 8.20. The van der Waals surface area contributed by atoms with Crippen LogP contribution in [0.5, 0.6) is 0 Å². The van der Waals surface area contributed by atoms with E-state index in [1.54, 1.807) is 23.5 Å². The van der Waals surface area contributed by atoms with Gasteiger partial charge in [0.1, 0.15) is 22.7 Å². The highest BCUT2D eigenvalue weighted by Gasteiger charge is 2.29. The molecule has 0 radical (unpaired) electrons. The third-order valence-corrected chi connectivity index (χ3v) is 6.84. The van der Waals surface area contributed by atoms with Crippen molar-refractivity contribution in [2.45, 2.75) is 25.8 Å². The number of aliphatic imine (C=N–C) groups is 1. The van der Waals surface area contributed by atoms with Crippen LogP contribution in [0.2, 0.25) is 0 Å². The zero-order valence-corrected chi connectivity index (χ0v) is 17.9. The molecule has 2 aromatic carbocycles. The maximum atomic E-state index is 14.0. The van der Waals surface area contributed by atoms with Crippen LogP contribution in [0.15, 0.2) is 59.6 Å². The summed E-state index contributed by atoms with van der Waals surface area (Å²) in [6.07, 6.45) is 1.72. The molecule has 1 fully saturated rings. The maximum absolute atomic E-state index is 14.0. The van der Waals surface area contributed by atoms with Gasteiger partial charge in [0.2, 0.25) is 0 Å². The largest absolute Gasteiger partial charge is 0.345 e. The molecule has 0 saturated carbocycles. The van der Waals surface area contributed by atoms with Gasteiger partial charge in [-0.1, -0.05) is 30.3 Å².